The Kier molecular flexibility index (Phi) is 8.94. The van der Waals surface area contributed by atoms with Crippen molar-refractivity contribution >= 4 is 24.0 Å². The zero-order valence-corrected chi connectivity index (χ0v) is 17.2. The summed E-state index contributed by atoms with van der Waals surface area (Å²) >= 11 is 0. The van der Waals surface area contributed by atoms with E-state index in [2.05, 4.69) is 17.6 Å². The van der Waals surface area contributed by atoms with Crippen LogP contribution in [0.3, 0.4) is 0 Å². The van der Waals surface area contributed by atoms with Crippen LogP contribution in [0, 0.1) is 11.7 Å². The Bertz CT molecular complexity index is 762. The molecule has 0 aliphatic heterocycles. The molecular weight excluding hydrogens is 375 g/mol. The molecule has 0 bridgehead atoms. The topological polar surface area (TPSA) is 41.1 Å². The number of hydrogen-bond acceptors (Lipinski definition) is 2. The van der Waals surface area contributed by atoms with Crippen LogP contribution in [0.25, 0.3) is 0 Å². The molecule has 3 rings (SSSR count). The van der Waals surface area contributed by atoms with Crippen molar-refractivity contribution in [2.45, 2.75) is 58.0 Å². The van der Waals surface area contributed by atoms with Crippen molar-refractivity contribution < 1.29 is 9.18 Å². The minimum atomic E-state index is -0.508. The molecule has 0 spiro atoms. The zero-order chi connectivity index (χ0) is 19.1. The second-order valence-corrected chi connectivity index (χ2v) is 7.61. The third kappa shape index (κ3) is 6.32. The molecule has 1 amide bonds. The van der Waals surface area contributed by atoms with Gasteiger partial charge in [0.05, 0.1) is 5.56 Å². The van der Waals surface area contributed by atoms with Gasteiger partial charge in [-0.05, 0) is 43.0 Å². The van der Waals surface area contributed by atoms with Gasteiger partial charge in [-0.3, -0.25) is 4.79 Å². The highest BCUT2D eigenvalue weighted by Gasteiger charge is 2.17. The maximum atomic E-state index is 13.8. The van der Waals surface area contributed by atoms with Crippen LogP contribution in [0.4, 0.5) is 10.1 Å². The standard InChI is InChI=1S/C23H29FN2O.ClH/c1-17(15-18-9-3-2-4-10-18)25-16-19-11-5-8-14-22(19)26-23(27)20-12-6-7-13-21(20)24;/h5-8,11-14,17-18,25H,2-4,9-10,15-16H2,1H3,(H,26,27);1H. The molecule has 0 saturated heterocycles. The van der Waals surface area contributed by atoms with E-state index < -0.39 is 11.7 Å². The van der Waals surface area contributed by atoms with Crippen LogP contribution in [0.2, 0.25) is 0 Å². The van der Waals surface area contributed by atoms with E-state index in [1.165, 1.54) is 50.7 Å². The van der Waals surface area contributed by atoms with Gasteiger partial charge >= 0.3 is 0 Å². The van der Waals surface area contributed by atoms with E-state index in [0.29, 0.717) is 12.6 Å². The van der Waals surface area contributed by atoms with Crippen molar-refractivity contribution in [2.75, 3.05) is 5.32 Å². The Hall–Kier alpha value is -1.91. The third-order valence-electron chi connectivity index (χ3n) is 5.44. The van der Waals surface area contributed by atoms with Gasteiger partial charge in [0.1, 0.15) is 5.82 Å². The lowest BCUT2D eigenvalue weighted by atomic mass is 9.85. The normalized spacial score (nSPS) is 15.5. The summed E-state index contributed by atoms with van der Waals surface area (Å²) in [4.78, 5) is 12.4. The number of carbonyl (C=O) groups excluding carboxylic acids is 1. The molecule has 5 heteroatoms. The Morgan fingerprint density at radius 2 is 1.75 bits per heavy atom. The van der Waals surface area contributed by atoms with Gasteiger partial charge < -0.3 is 10.6 Å². The van der Waals surface area contributed by atoms with E-state index in [1.807, 2.05) is 24.3 Å². The van der Waals surface area contributed by atoms with E-state index in [1.54, 1.807) is 12.1 Å². The van der Waals surface area contributed by atoms with Crippen LogP contribution in [-0.2, 0) is 6.54 Å². The fourth-order valence-corrected chi connectivity index (χ4v) is 3.92. The number of nitrogens with one attached hydrogen (secondary N) is 2. The molecule has 1 unspecified atom stereocenters. The predicted octanol–water partition coefficient (Wildman–Crippen LogP) is 5.95. The summed E-state index contributed by atoms with van der Waals surface area (Å²) < 4.78 is 13.8. The number of carbonyl (C=O) groups is 1. The largest absolute Gasteiger partial charge is 0.322 e. The molecule has 0 aromatic heterocycles. The van der Waals surface area contributed by atoms with Crippen LogP contribution < -0.4 is 10.6 Å². The summed E-state index contributed by atoms with van der Waals surface area (Å²) in [7, 11) is 0. The fourth-order valence-electron chi connectivity index (χ4n) is 3.92. The summed E-state index contributed by atoms with van der Waals surface area (Å²) in [5.41, 5.74) is 1.80. The highest BCUT2D eigenvalue weighted by atomic mass is 35.5. The predicted molar refractivity (Wildman–Crippen MR) is 116 cm³/mol. The maximum Gasteiger partial charge on any atom is 0.258 e. The van der Waals surface area contributed by atoms with Gasteiger partial charge in [0.2, 0.25) is 0 Å². The lowest BCUT2D eigenvalue weighted by Gasteiger charge is -2.25. The van der Waals surface area contributed by atoms with E-state index in [4.69, 9.17) is 0 Å². The van der Waals surface area contributed by atoms with Gasteiger partial charge in [0.25, 0.3) is 5.91 Å². The first-order valence-corrected chi connectivity index (χ1v) is 10.0. The maximum absolute atomic E-state index is 13.8. The number of hydrogen-bond donors (Lipinski definition) is 2. The molecule has 152 valence electrons. The van der Waals surface area contributed by atoms with Crippen LogP contribution in [0.1, 0.15) is 61.4 Å². The Morgan fingerprint density at radius 3 is 2.50 bits per heavy atom. The molecule has 28 heavy (non-hydrogen) atoms. The number of anilines is 1. The van der Waals surface area contributed by atoms with Gasteiger partial charge in [-0.2, -0.15) is 0 Å². The van der Waals surface area contributed by atoms with E-state index >= 15 is 0 Å². The molecule has 1 aliphatic carbocycles. The van der Waals surface area contributed by atoms with Gasteiger partial charge in [-0.25, -0.2) is 4.39 Å². The Labute approximate surface area is 173 Å². The molecule has 2 aromatic rings. The molecule has 2 aromatic carbocycles. The molecule has 3 nitrogen and oxygen atoms in total. The summed E-state index contributed by atoms with van der Waals surface area (Å²) in [5.74, 6) is -0.0974. The Balaban J connectivity index is 0.00000280. The van der Waals surface area contributed by atoms with Gasteiger partial charge in [0, 0.05) is 18.3 Å². The first-order valence-electron chi connectivity index (χ1n) is 10.0. The number of para-hydroxylation sites is 1. The zero-order valence-electron chi connectivity index (χ0n) is 16.4. The molecular formula is C23H30ClFN2O. The molecule has 0 heterocycles. The van der Waals surface area contributed by atoms with E-state index in [0.717, 1.165) is 17.2 Å². The van der Waals surface area contributed by atoms with Gasteiger partial charge in [0.15, 0.2) is 0 Å². The minimum Gasteiger partial charge on any atom is -0.322 e. The quantitative estimate of drug-likeness (QED) is 0.598. The SMILES string of the molecule is CC(CC1CCCCC1)NCc1ccccc1NC(=O)c1ccccc1F.Cl. The Morgan fingerprint density at radius 1 is 1.07 bits per heavy atom. The average Bonchev–Trinajstić information content (AvgIpc) is 2.68. The van der Waals surface area contributed by atoms with Crippen LogP contribution in [0.5, 0.6) is 0 Å². The number of rotatable bonds is 7. The number of benzene rings is 2. The first-order chi connectivity index (χ1) is 13.1. The molecule has 1 aliphatic rings. The van der Waals surface area contributed by atoms with Gasteiger partial charge in [-0.1, -0.05) is 62.4 Å². The summed E-state index contributed by atoms with van der Waals surface area (Å²) in [5, 5.41) is 6.44. The average molecular weight is 405 g/mol. The van der Waals surface area contributed by atoms with Crippen LogP contribution >= 0.6 is 12.4 Å². The summed E-state index contributed by atoms with van der Waals surface area (Å²) in [6, 6.07) is 14.2. The lowest BCUT2D eigenvalue weighted by Crippen LogP contribution is -2.29. The summed E-state index contributed by atoms with van der Waals surface area (Å²) in [6.45, 7) is 2.91. The van der Waals surface area contributed by atoms with Crippen molar-refractivity contribution in [3.63, 3.8) is 0 Å². The van der Waals surface area contributed by atoms with Crippen LogP contribution in [-0.4, -0.2) is 11.9 Å². The van der Waals surface area contributed by atoms with E-state index in [-0.39, 0.29) is 18.0 Å². The van der Waals surface area contributed by atoms with Gasteiger partial charge in [-0.15, -0.1) is 12.4 Å². The lowest BCUT2D eigenvalue weighted by molar-refractivity contribution is 0.102. The first kappa shape index (κ1) is 22.4. The highest BCUT2D eigenvalue weighted by molar-refractivity contribution is 6.04. The molecule has 0 radical (unpaired) electrons. The fraction of sp³-hybridized carbons (Fsp3) is 0.435. The van der Waals surface area contributed by atoms with Crippen molar-refractivity contribution in [3.8, 4) is 0 Å². The number of amides is 1. The third-order valence-corrected chi connectivity index (χ3v) is 5.44. The highest BCUT2D eigenvalue weighted by Crippen LogP contribution is 2.27. The van der Waals surface area contributed by atoms with Crippen molar-refractivity contribution in [2.24, 2.45) is 5.92 Å². The van der Waals surface area contributed by atoms with Crippen LogP contribution in [0.15, 0.2) is 48.5 Å². The molecule has 1 atom stereocenters. The van der Waals surface area contributed by atoms with Crippen molar-refractivity contribution in [3.05, 3.63) is 65.5 Å². The smallest absolute Gasteiger partial charge is 0.258 e. The molecule has 2 N–H and O–H groups in total. The molecule has 1 fully saturated rings. The van der Waals surface area contributed by atoms with E-state index in [9.17, 15) is 9.18 Å². The monoisotopic (exact) mass is 404 g/mol. The second-order valence-electron chi connectivity index (χ2n) is 7.61. The molecule has 1 saturated carbocycles. The van der Waals surface area contributed by atoms with Crippen molar-refractivity contribution in [1.82, 2.24) is 5.32 Å². The second kappa shape index (κ2) is 11.2. The summed E-state index contributed by atoms with van der Waals surface area (Å²) in [6.07, 6.45) is 8.00. The minimum absolute atomic E-state index is 0. The number of halogens is 2. The van der Waals surface area contributed by atoms with Crippen molar-refractivity contribution in [1.29, 1.82) is 0 Å².